The molecule has 0 aliphatic rings. The molecule has 0 fully saturated rings. The van der Waals surface area contributed by atoms with Gasteiger partial charge >= 0.3 is 0 Å². The van der Waals surface area contributed by atoms with Gasteiger partial charge in [0.05, 0.1) is 0 Å². The van der Waals surface area contributed by atoms with Gasteiger partial charge in [0.25, 0.3) is 0 Å². The Morgan fingerprint density at radius 2 is 1.00 bits per heavy atom. The summed E-state index contributed by atoms with van der Waals surface area (Å²) in [4.78, 5) is 0. The van der Waals surface area contributed by atoms with E-state index in [1.54, 1.807) is 24.3 Å². The van der Waals surface area contributed by atoms with E-state index in [1.807, 2.05) is 84.9 Å². The van der Waals surface area contributed by atoms with Crippen molar-refractivity contribution in [3.8, 4) is 11.5 Å². The first-order valence-corrected chi connectivity index (χ1v) is 12.6. The number of benzene rings is 4. The zero-order valence-corrected chi connectivity index (χ0v) is 19.0. The quantitative estimate of drug-likeness (QED) is 0.355. The van der Waals surface area contributed by atoms with Gasteiger partial charge in [0.1, 0.15) is 18.6 Å². The van der Waals surface area contributed by atoms with Gasteiger partial charge in [0, 0.05) is 22.2 Å². The highest BCUT2D eigenvalue weighted by atomic mass is 31.2. The SMILES string of the molecule is CC(CCP(=O)(c1ccccc1)c1ccccc1)(c1ccc(O)cc1)c1ccc(O)cc1. The molecule has 4 heteroatoms. The topological polar surface area (TPSA) is 57.5 Å². The van der Waals surface area contributed by atoms with Crippen LogP contribution < -0.4 is 10.6 Å². The van der Waals surface area contributed by atoms with Crippen LogP contribution in [0.25, 0.3) is 0 Å². The van der Waals surface area contributed by atoms with E-state index in [-0.39, 0.29) is 11.5 Å². The van der Waals surface area contributed by atoms with Crippen molar-refractivity contribution in [2.45, 2.75) is 18.8 Å². The molecule has 0 heterocycles. The molecule has 2 N–H and O–H groups in total. The van der Waals surface area contributed by atoms with Crippen molar-refractivity contribution in [2.24, 2.45) is 0 Å². The van der Waals surface area contributed by atoms with Crippen LogP contribution in [-0.2, 0) is 9.98 Å². The molecule has 0 unspecified atom stereocenters. The number of aromatic hydroxyl groups is 2. The van der Waals surface area contributed by atoms with Crippen LogP contribution in [0.3, 0.4) is 0 Å². The molecule has 0 aromatic heterocycles. The molecule has 0 bridgehead atoms. The molecular formula is C28H27O3P. The summed E-state index contributed by atoms with van der Waals surface area (Å²) in [5.74, 6) is 0.419. The monoisotopic (exact) mass is 442 g/mol. The van der Waals surface area contributed by atoms with Crippen LogP contribution >= 0.6 is 7.14 Å². The molecule has 0 spiro atoms. The van der Waals surface area contributed by atoms with Crippen molar-refractivity contribution in [3.05, 3.63) is 120 Å². The number of rotatable bonds is 7. The largest absolute Gasteiger partial charge is 0.508 e. The van der Waals surface area contributed by atoms with Crippen LogP contribution in [0.2, 0.25) is 0 Å². The summed E-state index contributed by atoms with van der Waals surface area (Å²) in [5.41, 5.74) is 1.59. The molecule has 3 nitrogen and oxygen atoms in total. The molecule has 4 aromatic carbocycles. The maximum Gasteiger partial charge on any atom is 0.143 e. The van der Waals surface area contributed by atoms with E-state index in [4.69, 9.17) is 0 Å². The van der Waals surface area contributed by atoms with Gasteiger partial charge in [-0.1, -0.05) is 91.9 Å². The third kappa shape index (κ3) is 4.35. The third-order valence-corrected chi connectivity index (χ3v) is 9.40. The Labute approximate surface area is 189 Å². The highest BCUT2D eigenvalue weighted by molar-refractivity contribution is 7.78. The average Bonchev–Trinajstić information content (AvgIpc) is 2.84. The van der Waals surface area contributed by atoms with Gasteiger partial charge < -0.3 is 14.8 Å². The number of hydrogen-bond acceptors (Lipinski definition) is 3. The highest BCUT2D eigenvalue weighted by Crippen LogP contribution is 2.48. The molecule has 4 rings (SSSR count). The second-order valence-corrected chi connectivity index (χ2v) is 11.3. The number of hydrogen-bond donors (Lipinski definition) is 2. The molecule has 4 aromatic rings. The minimum Gasteiger partial charge on any atom is -0.508 e. The molecule has 0 saturated carbocycles. The Hall–Kier alpha value is -3.29. The van der Waals surface area contributed by atoms with Gasteiger partial charge in [0.2, 0.25) is 0 Å². The van der Waals surface area contributed by atoms with Crippen molar-refractivity contribution in [1.29, 1.82) is 0 Å². The van der Waals surface area contributed by atoms with Gasteiger partial charge in [-0.3, -0.25) is 0 Å². The van der Waals surface area contributed by atoms with Crippen LogP contribution in [0.15, 0.2) is 109 Å². The van der Waals surface area contributed by atoms with Gasteiger partial charge in [-0.25, -0.2) is 0 Å². The normalized spacial score (nSPS) is 11.9. The Kier molecular flexibility index (Phi) is 6.21. The second-order valence-electron chi connectivity index (χ2n) is 8.31. The lowest BCUT2D eigenvalue weighted by atomic mass is 9.74. The Bertz CT molecular complexity index is 1110. The first-order valence-electron chi connectivity index (χ1n) is 10.7. The van der Waals surface area contributed by atoms with Crippen LogP contribution in [0.1, 0.15) is 24.5 Å². The summed E-state index contributed by atoms with van der Waals surface area (Å²) in [6, 6.07) is 33.8. The summed E-state index contributed by atoms with van der Waals surface area (Å²) < 4.78 is 14.6. The average molecular weight is 442 g/mol. The minimum absolute atomic E-state index is 0.209. The predicted molar refractivity (Wildman–Crippen MR) is 132 cm³/mol. The minimum atomic E-state index is -2.88. The summed E-state index contributed by atoms with van der Waals surface area (Å²) in [6.07, 6.45) is 1.11. The smallest absolute Gasteiger partial charge is 0.143 e. The van der Waals surface area contributed by atoms with E-state index in [9.17, 15) is 14.8 Å². The molecular weight excluding hydrogens is 415 g/mol. The molecule has 0 atom stereocenters. The van der Waals surface area contributed by atoms with Crippen molar-refractivity contribution < 1.29 is 14.8 Å². The molecule has 32 heavy (non-hydrogen) atoms. The lowest BCUT2D eigenvalue weighted by Crippen LogP contribution is -2.28. The van der Waals surface area contributed by atoms with Crippen LogP contribution in [-0.4, -0.2) is 16.4 Å². The molecule has 0 radical (unpaired) electrons. The van der Waals surface area contributed by atoms with E-state index in [0.29, 0.717) is 12.6 Å². The first kappa shape index (κ1) is 21.9. The molecule has 0 amide bonds. The summed E-state index contributed by atoms with van der Waals surface area (Å²) >= 11 is 0. The number of phenols is 2. The fraction of sp³-hybridized carbons (Fsp3) is 0.143. The van der Waals surface area contributed by atoms with Crippen LogP contribution in [0.4, 0.5) is 0 Å². The fourth-order valence-electron chi connectivity index (χ4n) is 4.24. The first-order chi connectivity index (χ1) is 15.4. The maximum atomic E-state index is 14.6. The highest BCUT2D eigenvalue weighted by Gasteiger charge is 2.34. The molecule has 0 aliphatic heterocycles. The van der Waals surface area contributed by atoms with Crippen LogP contribution in [0.5, 0.6) is 11.5 Å². The zero-order valence-electron chi connectivity index (χ0n) is 18.1. The van der Waals surface area contributed by atoms with E-state index in [1.165, 1.54) is 0 Å². The third-order valence-electron chi connectivity index (χ3n) is 6.28. The number of phenolic OH excluding ortho intramolecular Hbond substituents is 2. The second kappa shape index (κ2) is 9.06. The van der Waals surface area contributed by atoms with Gasteiger partial charge in [-0.2, -0.15) is 0 Å². The molecule has 0 saturated heterocycles. The van der Waals surface area contributed by atoms with Crippen molar-refractivity contribution in [2.75, 3.05) is 6.16 Å². The Morgan fingerprint density at radius 3 is 1.38 bits per heavy atom. The van der Waals surface area contributed by atoms with Crippen molar-refractivity contribution >= 4 is 17.8 Å². The van der Waals surface area contributed by atoms with E-state index >= 15 is 0 Å². The van der Waals surface area contributed by atoms with Gasteiger partial charge in [0.15, 0.2) is 0 Å². The van der Waals surface area contributed by atoms with Crippen LogP contribution in [0, 0.1) is 0 Å². The van der Waals surface area contributed by atoms with E-state index < -0.39 is 12.6 Å². The maximum absolute atomic E-state index is 14.6. The summed E-state index contributed by atoms with van der Waals surface area (Å²) in [6.45, 7) is 2.13. The molecule has 0 aliphatic carbocycles. The summed E-state index contributed by atoms with van der Waals surface area (Å²) in [5, 5.41) is 21.3. The van der Waals surface area contributed by atoms with E-state index in [2.05, 4.69) is 6.92 Å². The predicted octanol–water partition coefficient (Wildman–Crippen LogP) is 5.81. The summed E-state index contributed by atoms with van der Waals surface area (Å²) in [7, 11) is -2.88. The lowest BCUT2D eigenvalue weighted by Gasteiger charge is -2.33. The Balaban J connectivity index is 1.78. The van der Waals surface area contributed by atoms with E-state index in [0.717, 1.165) is 21.7 Å². The molecule has 162 valence electrons. The zero-order chi connectivity index (χ0) is 22.6. The lowest BCUT2D eigenvalue weighted by molar-refractivity contribution is 0.472. The van der Waals surface area contributed by atoms with Crippen molar-refractivity contribution in [1.82, 2.24) is 0 Å². The fourth-order valence-corrected chi connectivity index (χ4v) is 7.12. The standard InChI is InChI=1S/C28H27O3P/c1-28(22-12-16-24(29)17-13-22,23-14-18-25(30)19-15-23)20-21-32(31,26-8-4-2-5-9-26)27-10-6-3-7-11-27/h2-19,29-30H,20-21H2,1H3. The van der Waals surface area contributed by atoms with Gasteiger partial charge in [-0.15, -0.1) is 0 Å². The van der Waals surface area contributed by atoms with Crippen molar-refractivity contribution in [3.63, 3.8) is 0 Å². The Morgan fingerprint density at radius 1 is 0.625 bits per heavy atom. The van der Waals surface area contributed by atoms with Gasteiger partial charge in [-0.05, 0) is 41.8 Å².